The van der Waals surface area contributed by atoms with Crippen LogP contribution >= 0.6 is 7.60 Å². The number of nitrogens with one attached hydrogen (secondary N) is 1. The molecular weight excluding hydrogens is 821 g/mol. The number of nitrogens with two attached hydrogens (primary N) is 1. The molecule has 0 aromatic heterocycles. The largest absolute Gasteiger partial charge is 0.497 e. The van der Waals surface area contributed by atoms with Crippen LogP contribution in [0.3, 0.4) is 0 Å². The SMILES string of the molecule is CCOC(=O)[C@H](C)OP(=O)(COc1ccc(C[C@H](NC(=O)O[C@H]2CO[C@H]3OCC[C@H]32)[C@H](O)CN(CC(C)C)S(=O)(=O)c2ccc(OC)cc2)cc1)Oc1cccc(CN)c1. The van der Waals surface area contributed by atoms with Crippen molar-refractivity contribution in [2.75, 3.05) is 46.4 Å². The fraction of sp³-hybridized carbons (Fsp3) is 0.512. The summed E-state index contributed by atoms with van der Waals surface area (Å²) in [5, 5.41) is 14.5. The molecule has 2 fully saturated rings. The lowest BCUT2D eigenvalue weighted by Gasteiger charge is -2.31. The molecule has 1 unspecified atom stereocenters. The van der Waals surface area contributed by atoms with Crippen LogP contribution in [0.25, 0.3) is 0 Å². The topological polar surface area (TPSA) is 221 Å². The van der Waals surface area contributed by atoms with Gasteiger partial charge >= 0.3 is 19.7 Å². The Morgan fingerprint density at radius 1 is 0.983 bits per heavy atom. The first-order valence-electron chi connectivity index (χ1n) is 19.8. The third-order valence-electron chi connectivity index (χ3n) is 9.75. The standard InChI is InChI=1S/C41H56N3O14PS/c1-6-52-39(46)28(4)57-59(48,58-33-9-7-8-30(20-33)22-42)26-55-32-12-10-29(11-13-32)21-36(43-41(47)56-38-25-54-40-35(38)18-19-53-40)37(45)24-44(23-27(2)3)60(49,50)34-16-14-31(51-5)15-17-34/h7-17,20,27-28,35-38,40,45H,6,18-19,21-26,42H2,1-5H3,(H,43,47)/t28-,35-,36-,37+,38-,40+,59?/m0/s1. The van der Waals surface area contributed by atoms with Crippen molar-refractivity contribution < 1.29 is 65.1 Å². The van der Waals surface area contributed by atoms with Gasteiger partial charge in [0, 0.05) is 19.6 Å². The number of alkyl carbamates (subject to hydrolysis) is 1. The zero-order valence-corrected chi connectivity index (χ0v) is 36.2. The van der Waals surface area contributed by atoms with Gasteiger partial charge < -0.3 is 49.1 Å². The highest BCUT2D eigenvalue weighted by Gasteiger charge is 2.44. The zero-order valence-electron chi connectivity index (χ0n) is 34.5. The summed E-state index contributed by atoms with van der Waals surface area (Å²) in [6, 6.07) is 18.1. The van der Waals surface area contributed by atoms with Crippen LogP contribution < -0.4 is 25.0 Å². The van der Waals surface area contributed by atoms with Crippen molar-refractivity contribution in [3.63, 3.8) is 0 Å². The number of ether oxygens (including phenoxy) is 6. The molecular formula is C41H56N3O14PS. The third kappa shape index (κ3) is 12.9. The van der Waals surface area contributed by atoms with E-state index in [1.807, 2.05) is 13.8 Å². The molecule has 0 radical (unpaired) electrons. The maximum Gasteiger partial charge on any atom is 0.417 e. The lowest BCUT2D eigenvalue weighted by Crippen LogP contribution is -2.51. The number of hydrogen-bond acceptors (Lipinski definition) is 15. The summed E-state index contributed by atoms with van der Waals surface area (Å²) >= 11 is 0. The van der Waals surface area contributed by atoms with Gasteiger partial charge in [-0.15, -0.1) is 0 Å². The first-order chi connectivity index (χ1) is 28.6. The fourth-order valence-corrected chi connectivity index (χ4v) is 9.79. The van der Waals surface area contributed by atoms with Gasteiger partial charge in [-0.2, -0.15) is 4.31 Å². The fourth-order valence-electron chi connectivity index (χ4n) is 6.71. The maximum absolute atomic E-state index is 14.0. The number of nitrogens with zero attached hydrogens (tertiary/aromatic N) is 1. The smallest absolute Gasteiger partial charge is 0.417 e. The minimum atomic E-state index is -4.15. The molecule has 0 spiro atoms. The number of fused-ring (bicyclic) bond motifs is 1. The molecule has 60 heavy (non-hydrogen) atoms. The number of benzene rings is 3. The Hall–Kier alpha value is -4.26. The molecule has 5 rings (SSSR count). The number of amides is 1. The Labute approximate surface area is 351 Å². The third-order valence-corrected chi connectivity index (χ3v) is 13.2. The van der Waals surface area contributed by atoms with Gasteiger partial charge in [-0.1, -0.05) is 38.1 Å². The second kappa shape index (κ2) is 21.5. The van der Waals surface area contributed by atoms with Crippen molar-refractivity contribution in [3.05, 3.63) is 83.9 Å². The predicted octanol–water partition coefficient (Wildman–Crippen LogP) is 4.84. The summed E-state index contributed by atoms with van der Waals surface area (Å²) in [6.07, 6.45) is -4.33. The molecule has 4 N–H and O–H groups in total. The van der Waals surface area contributed by atoms with Crippen molar-refractivity contribution in [1.82, 2.24) is 9.62 Å². The second-order valence-electron chi connectivity index (χ2n) is 14.9. The molecule has 0 aliphatic carbocycles. The highest BCUT2D eigenvalue weighted by molar-refractivity contribution is 7.89. The number of aliphatic hydroxyl groups excluding tert-OH is 1. The zero-order chi connectivity index (χ0) is 43.5. The van der Waals surface area contributed by atoms with E-state index >= 15 is 0 Å². The van der Waals surface area contributed by atoms with E-state index < -0.39 is 66.7 Å². The summed E-state index contributed by atoms with van der Waals surface area (Å²) in [4.78, 5) is 25.8. The van der Waals surface area contributed by atoms with E-state index in [-0.39, 0.29) is 67.5 Å². The van der Waals surface area contributed by atoms with Gasteiger partial charge in [0.15, 0.2) is 12.4 Å². The van der Waals surface area contributed by atoms with Crippen molar-refractivity contribution >= 4 is 29.7 Å². The summed E-state index contributed by atoms with van der Waals surface area (Å²) < 4.78 is 87.5. The Bertz CT molecular complexity index is 2020. The minimum absolute atomic E-state index is 0.0185. The van der Waals surface area contributed by atoms with E-state index in [0.29, 0.717) is 24.3 Å². The minimum Gasteiger partial charge on any atom is -0.497 e. The molecule has 0 saturated carbocycles. The number of hydrogen-bond donors (Lipinski definition) is 3. The Kier molecular flexibility index (Phi) is 16.8. The highest BCUT2D eigenvalue weighted by Crippen LogP contribution is 2.50. The lowest BCUT2D eigenvalue weighted by molar-refractivity contribution is -0.150. The summed E-state index contributed by atoms with van der Waals surface area (Å²) in [6.45, 7) is 7.44. The molecule has 330 valence electrons. The average molecular weight is 878 g/mol. The molecule has 2 aliphatic rings. The first-order valence-corrected chi connectivity index (χ1v) is 23.0. The van der Waals surface area contributed by atoms with Gasteiger partial charge in [-0.25, -0.2) is 22.6 Å². The number of rotatable bonds is 22. The van der Waals surface area contributed by atoms with Gasteiger partial charge in [-0.05, 0) is 92.3 Å². The Morgan fingerprint density at radius 2 is 1.70 bits per heavy atom. The van der Waals surface area contributed by atoms with Gasteiger partial charge in [-0.3, -0.25) is 4.52 Å². The van der Waals surface area contributed by atoms with Gasteiger partial charge in [0.2, 0.25) is 16.4 Å². The van der Waals surface area contributed by atoms with Crippen molar-refractivity contribution in [3.8, 4) is 17.2 Å². The molecule has 2 heterocycles. The van der Waals surface area contributed by atoms with Crippen molar-refractivity contribution in [1.29, 1.82) is 0 Å². The number of carbonyl (C=O) groups excluding carboxylic acids is 2. The van der Waals surface area contributed by atoms with E-state index in [0.717, 1.165) is 5.56 Å². The van der Waals surface area contributed by atoms with Crippen LogP contribution in [0.4, 0.5) is 4.79 Å². The molecule has 2 saturated heterocycles. The Balaban J connectivity index is 1.33. The van der Waals surface area contributed by atoms with Crippen LogP contribution in [0, 0.1) is 11.8 Å². The van der Waals surface area contributed by atoms with Crippen LogP contribution in [0.1, 0.15) is 45.2 Å². The van der Waals surface area contributed by atoms with Crippen LogP contribution in [0.5, 0.6) is 17.2 Å². The molecule has 3 aromatic rings. The summed E-state index contributed by atoms with van der Waals surface area (Å²) in [5.41, 5.74) is 7.11. The van der Waals surface area contributed by atoms with E-state index in [9.17, 15) is 27.7 Å². The number of methoxy groups -OCH3 is 1. The van der Waals surface area contributed by atoms with Crippen molar-refractivity contribution in [2.24, 2.45) is 17.6 Å². The molecule has 1 amide bonds. The normalized spacial score (nSPS) is 20.1. The first kappa shape index (κ1) is 46.8. The molecule has 7 atom stereocenters. The van der Waals surface area contributed by atoms with Crippen LogP contribution in [-0.2, 0) is 55.8 Å². The quantitative estimate of drug-likeness (QED) is 0.0909. The number of esters is 1. The highest BCUT2D eigenvalue weighted by atomic mass is 32.2. The monoisotopic (exact) mass is 877 g/mol. The molecule has 19 heteroatoms. The summed E-state index contributed by atoms with van der Waals surface area (Å²) in [5.74, 6) is -0.00717. The second-order valence-corrected chi connectivity index (χ2v) is 18.7. The molecule has 2 aliphatic heterocycles. The molecule has 17 nitrogen and oxygen atoms in total. The molecule has 3 aromatic carbocycles. The summed E-state index contributed by atoms with van der Waals surface area (Å²) in [7, 11) is -6.76. The number of carbonyl (C=O) groups is 2. The van der Waals surface area contributed by atoms with Crippen LogP contribution in [0.2, 0.25) is 0 Å². The number of sulfonamides is 1. The average Bonchev–Trinajstić information content (AvgIpc) is 3.85. The van der Waals surface area contributed by atoms with Gasteiger partial charge in [0.05, 0.1) is 49.9 Å². The van der Waals surface area contributed by atoms with Gasteiger partial charge in [0.25, 0.3) is 0 Å². The van der Waals surface area contributed by atoms with E-state index in [1.54, 1.807) is 67.6 Å². The maximum atomic E-state index is 14.0. The van der Waals surface area contributed by atoms with Crippen molar-refractivity contribution in [2.45, 2.75) is 82.6 Å². The molecule has 0 bridgehead atoms. The number of aliphatic hydroxyl groups is 1. The lowest BCUT2D eigenvalue weighted by atomic mass is 10.0. The Morgan fingerprint density at radius 3 is 2.37 bits per heavy atom. The van der Waals surface area contributed by atoms with Crippen LogP contribution in [-0.4, -0.2) is 107 Å². The van der Waals surface area contributed by atoms with Gasteiger partial charge in [0.1, 0.15) is 23.4 Å². The predicted molar refractivity (Wildman–Crippen MR) is 219 cm³/mol. The van der Waals surface area contributed by atoms with E-state index in [2.05, 4.69) is 5.32 Å². The van der Waals surface area contributed by atoms with E-state index in [1.165, 1.54) is 30.5 Å². The van der Waals surface area contributed by atoms with Crippen LogP contribution in [0.15, 0.2) is 77.7 Å². The van der Waals surface area contributed by atoms with E-state index in [4.69, 9.17) is 43.2 Å².